The van der Waals surface area contributed by atoms with Gasteiger partial charge in [0.05, 0.1) is 18.8 Å². The molecule has 0 radical (unpaired) electrons. The van der Waals surface area contributed by atoms with E-state index in [2.05, 4.69) is 55.6 Å². The number of hydrogen-bond acceptors (Lipinski definition) is 3. The summed E-state index contributed by atoms with van der Waals surface area (Å²) in [5.74, 6) is -0.0598. The molecule has 0 bridgehead atoms. The number of carbonyl (C=O) groups is 1. The zero-order chi connectivity index (χ0) is 48.5. The predicted octanol–water partition coefficient (Wildman–Crippen LogP) is 20.2. The van der Waals surface area contributed by atoms with E-state index in [9.17, 15) is 15.0 Å². The molecule has 0 fully saturated rings. The lowest BCUT2D eigenvalue weighted by atomic mass is 10.0. The van der Waals surface area contributed by atoms with E-state index in [1.807, 2.05) is 6.08 Å². The van der Waals surface area contributed by atoms with Crippen LogP contribution in [0.3, 0.4) is 0 Å². The topological polar surface area (TPSA) is 69.6 Å². The standard InChI is InChI=1S/C63H119NO3/c1-3-5-7-9-11-13-15-17-19-21-23-25-27-29-30-31-32-33-34-35-37-39-41-43-45-47-49-51-53-55-57-59-63(67)64-61(60-65)62(66)58-56-54-52-50-48-46-44-42-40-38-36-28-26-24-22-20-18-16-14-12-10-8-6-4-2/h15,17,21,23,27,29,56,58,61-62,65-66H,3-14,16,18-20,22,24-26,28,30-55,57,59-60H2,1-2H3,(H,64,67)/b17-15-,23-21-,29-27-,58-56+. The van der Waals surface area contributed by atoms with Gasteiger partial charge in [-0.3, -0.25) is 4.79 Å². The Labute approximate surface area is 420 Å². The van der Waals surface area contributed by atoms with Crippen LogP contribution in [0.4, 0.5) is 0 Å². The predicted molar refractivity (Wildman–Crippen MR) is 299 cm³/mol. The van der Waals surface area contributed by atoms with E-state index in [1.54, 1.807) is 6.08 Å². The van der Waals surface area contributed by atoms with Crippen LogP contribution in [-0.4, -0.2) is 34.9 Å². The van der Waals surface area contributed by atoms with Gasteiger partial charge in [-0.15, -0.1) is 0 Å². The van der Waals surface area contributed by atoms with E-state index in [-0.39, 0.29) is 12.5 Å². The summed E-state index contributed by atoms with van der Waals surface area (Å²) in [6.45, 7) is 4.33. The number of rotatable bonds is 56. The molecule has 0 aliphatic heterocycles. The van der Waals surface area contributed by atoms with Crippen LogP contribution in [0.15, 0.2) is 48.6 Å². The Kier molecular flexibility index (Phi) is 57.2. The van der Waals surface area contributed by atoms with Gasteiger partial charge in [-0.2, -0.15) is 0 Å². The molecule has 0 saturated carbocycles. The molecule has 0 heterocycles. The third-order valence-electron chi connectivity index (χ3n) is 14.1. The van der Waals surface area contributed by atoms with Crippen molar-refractivity contribution in [3.63, 3.8) is 0 Å². The molecular weight excluding hydrogens is 819 g/mol. The highest BCUT2D eigenvalue weighted by molar-refractivity contribution is 5.76. The average Bonchev–Trinajstić information content (AvgIpc) is 3.33. The number of hydrogen-bond donors (Lipinski definition) is 3. The average molecular weight is 939 g/mol. The van der Waals surface area contributed by atoms with Gasteiger partial charge in [0.2, 0.25) is 5.91 Å². The van der Waals surface area contributed by atoms with Crippen molar-refractivity contribution >= 4 is 5.91 Å². The molecule has 0 aromatic carbocycles. The molecule has 3 N–H and O–H groups in total. The summed E-state index contributed by atoms with van der Waals surface area (Å²) in [6, 6.07) is -0.624. The van der Waals surface area contributed by atoms with Crippen molar-refractivity contribution < 1.29 is 15.0 Å². The number of nitrogens with one attached hydrogen (secondary N) is 1. The van der Waals surface area contributed by atoms with Crippen LogP contribution in [0.5, 0.6) is 0 Å². The first kappa shape index (κ1) is 65.3. The molecule has 0 aliphatic rings. The Bertz CT molecular complexity index is 1060. The first-order valence-corrected chi connectivity index (χ1v) is 30.4. The molecule has 67 heavy (non-hydrogen) atoms. The van der Waals surface area contributed by atoms with Crippen molar-refractivity contribution in [3.05, 3.63) is 48.6 Å². The summed E-state index contributed by atoms with van der Waals surface area (Å²) in [6.07, 6.45) is 81.5. The van der Waals surface area contributed by atoms with Crippen LogP contribution in [-0.2, 0) is 4.79 Å². The van der Waals surface area contributed by atoms with E-state index in [0.29, 0.717) is 6.42 Å². The van der Waals surface area contributed by atoms with E-state index in [0.717, 1.165) is 38.5 Å². The van der Waals surface area contributed by atoms with Crippen molar-refractivity contribution in [2.45, 2.75) is 341 Å². The van der Waals surface area contributed by atoms with Gasteiger partial charge < -0.3 is 15.5 Å². The first-order valence-electron chi connectivity index (χ1n) is 30.4. The maximum absolute atomic E-state index is 12.5. The summed E-state index contributed by atoms with van der Waals surface area (Å²) in [7, 11) is 0. The van der Waals surface area contributed by atoms with Crippen molar-refractivity contribution in [3.8, 4) is 0 Å². The number of amides is 1. The zero-order valence-electron chi connectivity index (χ0n) is 45.4. The fourth-order valence-electron chi connectivity index (χ4n) is 9.42. The Hall–Kier alpha value is -1.65. The normalized spacial score (nSPS) is 13.1. The highest BCUT2D eigenvalue weighted by Gasteiger charge is 2.18. The Balaban J connectivity index is 3.47. The fourth-order valence-corrected chi connectivity index (χ4v) is 9.42. The van der Waals surface area contributed by atoms with Crippen LogP contribution < -0.4 is 5.32 Å². The van der Waals surface area contributed by atoms with Crippen molar-refractivity contribution in [2.75, 3.05) is 6.61 Å². The van der Waals surface area contributed by atoms with Crippen LogP contribution in [0.25, 0.3) is 0 Å². The smallest absolute Gasteiger partial charge is 0.220 e. The van der Waals surface area contributed by atoms with Gasteiger partial charge in [0.25, 0.3) is 0 Å². The fraction of sp³-hybridized carbons (Fsp3) is 0.857. The van der Waals surface area contributed by atoms with Crippen LogP contribution >= 0.6 is 0 Å². The van der Waals surface area contributed by atoms with Gasteiger partial charge in [0, 0.05) is 6.42 Å². The molecule has 0 aromatic rings. The summed E-state index contributed by atoms with van der Waals surface area (Å²) in [5, 5.41) is 23.2. The second kappa shape index (κ2) is 58.7. The number of allylic oxidation sites excluding steroid dienone is 7. The SMILES string of the molecule is CCCCCCC/C=C\C/C=C\C/C=C\CCCCCCCCCCCCCCCCCCC(=O)NC(CO)C(O)/C=C/CCCCCCCCCCCCCCCCCCCCCCCC. The number of carbonyl (C=O) groups excluding carboxylic acids is 1. The van der Waals surface area contributed by atoms with Gasteiger partial charge in [-0.25, -0.2) is 0 Å². The summed E-state index contributed by atoms with van der Waals surface area (Å²) < 4.78 is 0. The van der Waals surface area contributed by atoms with Gasteiger partial charge in [0.1, 0.15) is 0 Å². The Morgan fingerprint density at radius 1 is 0.358 bits per heavy atom. The van der Waals surface area contributed by atoms with Gasteiger partial charge >= 0.3 is 0 Å². The van der Waals surface area contributed by atoms with Crippen molar-refractivity contribution in [1.29, 1.82) is 0 Å². The highest BCUT2D eigenvalue weighted by Crippen LogP contribution is 2.17. The maximum atomic E-state index is 12.5. The van der Waals surface area contributed by atoms with E-state index < -0.39 is 12.1 Å². The Morgan fingerprint density at radius 2 is 0.612 bits per heavy atom. The first-order chi connectivity index (χ1) is 33.2. The second-order valence-corrected chi connectivity index (χ2v) is 20.8. The van der Waals surface area contributed by atoms with Crippen LogP contribution in [0.1, 0.15) is 328 Å². The van der Waals surface area contributed by atoms with E-state index in [4.69, 9.17) is 0 Å². The number of unbranched alkanes of at least 4 members (excludes halogenated alkanes) is 43. The van der Waals surface area contributed by atoms with Gasteiger partial charge in [0.15, 0.2) is 0 Å². The third kappa shape index (κ3) is 55.2. The molecule has 0 saturated heterocycles. The third-order valence-corrected chi connectivity index (χ3v) is 14.1. The van der Waals surface area contributed by atoms with Crippen molar-refractivity contribution in [1.82, 2.24) is 5.32 Å². The van der Waals surface area contributed by atoms with E-state index in [1.165, 1.54) is 270 Å². The minimum absolute atomic E-state index is 0.0598. The van der Waals surface area contributed by atoms with Crippen LogP contribution in [0, 0.1) is 0 Å². The second-order valence-electron chi connectivity index (χ2n) is 20.8. The molecule has 4 nitrogen and oxygen atoms in total. The Morgan fingerprint density at radius 3 is 0.910 bits per heavy atom. The lowest BCUT2D eigenvalue weighted by Crippen LogP contribution is -2.45. The summed E-state index contributed by atoms with van der Waals surface area (Å²) in [5.41, 5.74) is 0. The van der Waals surface area contributed by atoms with Gasteiger partial charge in [-0.1, -0.05) is 313 Å². The maximum Gasteiger partial charge on any atom is 0.220 e. The summed E-state index contributed by atoms with van der Waals surface area (Å²) >= 11 is 0. The largest absolute Gasteiger partial charge is 0.394 e. The molecule has 0 spiro atoms. The molecule has 2 atom stereocenters. The minimum atomic E-state index is -0.841. The lowest BCUT2D eigenvalue weighted by molar-refractivity contribution is -0.123. The highest BCUT2D eigenvalue weighted by atomic mass is 16.3. The molecule has 0 aliphatic carbocycles. The van der Waals surface area contributed by atoms with Gasteiger partial charge in [-0.05, 0) is 57.8 Å². The minimum Gasteiger partial charge on any atom is -0.394 e. The molecule has 394 valence electrons. The monoisotopic (exact) mass is 938 g/mol. The quantitative estimate of drug-likeness (QED) is 0.0420. The molecule has 4 heteroatoms. The lowest BCUT2D eigenvalue weighted by Gasteiger charge is -2.20. The number of aliphatic hydroxyl groups is 2. The van der Waals surface area contributed by atoms with Crippen LogP contribution in [0.2, 0.25) is 0 Å². The molecule has 0 rings (SSSR count). The molecular formula is C63H119NO3. The van der Waals surface area contributed by atoms with E-state index >= 15 is 0 Å². The zero-order valence-corrected chi connectivity index (χ0v) is 45.4. The molecule has 0 aromatic heterocycles. The summed E-state index contributed by atoms with van der Waals surface area (Å²) in [4.78, 5) is 12.5. The van der Waals surface area contributed by atoms with Crippen molar-refractivity contribution in [2.24, 2.45) is 0 Å². The molecule has 2 unspecified atom stereocenters. The number of aliphatic hydroxyl groups excluding tert-OH is 2. The molecule has 1 amide bonds.